The third-order valence-electron chi connectivity index (χ3n) is 4.42. The summed E-state index contributed by atoms with van der Waals surface area (Å²) >= 11 is 0. The highest BCUT2D eigenvalue weighted by Crippen LogP contribution is 2.25. The molecule has 26 heavy (non-hydrogen) atoms. The molecule has 0 spiro atoms. The van der Waals surface area contributed by atoms with Crippen molar-refractivity contribution in [2.24, 2.45) is 0 Å². The van der Waals surface area contributed by atoms with Crippen LogP contribution in [0.2, 0.25) is 0 Å². The first-order chi connectivity index (χ1) is 12.6. The van der Waals surface area contributed by atoms with Crippen LogP contribution in [0.5, 0.6) is 11.5 Å². The zero-order chi connectivity index (χ0) is 18.5. The van der Waals surface area contributed by atoms with Crippen LogP contribution in [0.15, 0.2) is 48.5 Å². The summed E-state index contributed by atoms with van der Waals surface area (Å²) in [4.78, 5) is 26.1. The summed E-state index contributed by atoms with van der Waals surface area (Å²) in [5, 5.41) is 3.19. The monoisotopic (exact) mass is 354 g/mol. The van der Waals surface area contributed by atoms with Crippen LogP contribution < -0.4 is 19.7 Å². The molecule has 0 saturated carbocycles. The lowest BCUT2D eigenvalue weighted by Crippen LogP contribution is -2.39. The van der Waals surface area contributed by atoms with Gasteiger partial charge in [0.15, 0.2) is 0 Å². The predicted octanol–water partition coefficient (Wildman–Crippen LogP) is 2.17. The van der Waals surface area contributed by atoms with Gasteiger partial charge in [-0.1, -0.05) is 12.1 Å². The fourth-order valence-corrected chi connectivity index (χ4v) is 3.01. The number of imide groups is 1. The zero-order valence-electron chi connectivity index (χ0n) is 14.9. The number of rotatable bonds is 7. The smallest absolute Gasteiger partial charge is 0.251 e. The van der Waals surface area contributed by atoms with Crippen LogP contribution in [0.25, 0.3) is 0 Å². The molecule has 6 nitrogen and oxygen atoms in total. The van der Waals surface area contributed by atoms with Gasteiger partial charge in [-0.3, -0.25) is 9.59 Å². The van der Waals surface area contributed by atoms with Gasteiger partial charge in [-0.15, -0.1) is 0 Å². The molecule has 1 aliphatic heterocycles. The minimum absolute atomic E-state index is 0.170. The molecular formula is C20H22N2O4. The topological polar surface area (TPSA) is 67.9 Å². The van der Waals surface area contributed by atoms with Crippen molar-refractivity contribution < 1.29 is 19.1 Å². The largest absolute Gasteiger partial charge is 0.497 e. The van der Waals surface area contributed by atoms with E-state index in [2.05, 4.69) is 5.32 Å². The molecule has 0 aliphatic carbocycles. The Kier molecular flexibility index (Phi) is 5.53. The summed E-state index contributed by atoms with van der Waals surface area (Å²) in [6, 6.07) is 14.2. The molecule has 1 aliphatic rings. The fourth-order valence-electron chi connectivity index (χ4n) is 3.01. The lowest BCUT2D eigenvalue weighted by molar-refractivity contribution is -0.121. The van der Waals surface area contributed by atoms with E-state index in [1.54, 1.807) is 38.5 Å². The number of benzene rings is 2. The Morgan fingerprint density at radius 1 is 1.04 bits per heavy atom. The summed E-state index contributed by atoms with van der Waals surface area (Å²) in [6.07, 6.45) is 0.917. The first-order valence-electron chi connectivity index (χ1n) is 8.49. The summed E-state index contributed by atoms with van der Waals surface area (Å²) in [5.41, 5.74) is 1.68. The quantitative estimate of drug-likeness (QED) is 0.772. The van der Waals surface area contributed by atoms with Gasteiger partial charge in [0.2, 0.25) is 5.91 Å². The number of methoxy groups -OCH3 is 2. The molecule has 2 aromatic rings. The highest BCUT2D eigenvalue weighted by molar-refractivity contribution is 6.22. The van der Waals surface area contributed by atoms with Crippen molar-refractivity contribution in [1.82, 2.24) is 5.32 Å². The Morgan fingerprint density at radius 3 is 2.46 bits per heavy atom. The van der Waals surface area contributed by atoms with Crippen LogP contribution >= 0.6 is 0 Å². The molecular weight excluding hydrogens is 332 g/mol. The SMILES string of the molecule is COc1ccc(N2C(=O)CC(NCCc3cccc(OC)c3)C2=O)cc1. The van der Waals surface area contributed by atoms with Crippen LogP contribution in [0.4, 0.5) is 5.69 Å². The van der Waals surface area contributed by atoms with Gasteiger partial charge in [0, 0.05) is 0 Å². The highest BCUT2D eigenvalue weighted by Gasteiger charge is 2.39. The van der Waals surface area contributed by atoms with Crippen molar-refractivity contribution in [1.29, 1.82) is 0 Å². The number of anilines is 1. The lowest BCUT2D eigenvalue weighted by Gasteiger charge is -2.16. The van der Waals surface area contributed by atoms with Crippen molar-refractivity contribution >= 4 is 17.5 Å². The average molecular weight is 354 g/mol. The van der Waals surface area contributed by atoms with Crippen LogP contribution in [-0.2, 0) is 16.0 Å². The number of amides is 2. The molecule has 0 aromatic heterocycles. The maximum Gasteiger partial charge on any atom is 0.251 e. The molecule has 1 fully saturated rings. The highest BCUT2D eigenvalue weighted by atomic mass is 16.5. The Bertz CT molecular complexity index is 789. The summed E-state index contributed by atoms with van der Waals surface area (Å²) in [6.45, 7) is 0.604. The zero-order valence-corrected chi connectivity index (χ0v) is 14.9. The Labute approximate surface area is 152 Å². The molecule has 0 radical (unpaired) electrons. The minimum Gasteiger partial charge on any atom is -0.497 e. The van der Waals surface area contributed by atoms with Crippen molar-refractivity contribution in [3.8, 4) is 11.5 Å². The molecule has 1 saturated heterocycles. The van der Waals surface area contributed by atoms with E-state index in [4.69, 9.17) is 9.47 Å². The molecule has 6 heteroatoms. The molecule has 1 N–H and O–H groups in total. The van der Waals surface area contributed by atoms with E-state index in [-0.39, 0.29) is 18.2 Å². The van der Waals surface area contributed by atoms with Crippen LogP contribution in [0.1, 0.15) is 12.0 Å². The number of carbonyl (C=O) groups is 2. The van der Waals surface area contributed by atoms with Crippen molar-refractivity contribution in [3.63, 3.8) is 0 Å². The van der Waals surface area contributed by atoms with Crippen LogP contribution in [0.3, 0.4) is 0 Å². The van der Waals surface area contributed by atoms with Gasteiger partial charge in [-0.2, -0.15) is 0 Å². The van der Waals surface area contributed by atoms with E-state index in [0.29, 0.717) is 18.0 Å². The van der Waals surface area contributed by atoms with E-state index in [9.17, 15) is 9.59 Å². The molecule has 2 aromatic carbocycles. The number of hydrogen-bond donors (Lipinski definition) is 1. The number of ether oxygens (including phenoxy) is 2. The molecule has 136 valence electrons. The van der Waals surface area contributed by atoms with E-state index in [1.807, 2.05) is 24.3 Å². The van der Waals surface area contributed by atoms with Gasteiger partial charge in [0.05, 0.1) is 32.4 Å². The lowest BCUT2D eigenvalue weighted by atomic mass is 10.1. The first-order valence-corrected chi connectivity index (χ1v) is 8.49. The minimum atomic E-state index is -0.491. The Morgan fingerprint density at radius 2 is 1.77 bits per heavy atom. The van der Waals surface area contributed by atoms with Gasteiger partial charge >= 0.3 is 0 Å². The molecule has 2 amide bonds. The van der Waals surface area contributed by atoms with Crippen molar-refractivity contribution in [2.75, 3.05) is 25.7 Å². The summed E-state index contributed by atoms with van der Waals surface area (Å²) < 4.78 is 10.3. The number of carbonyl (C=O) groups excluding carboxylic acids is 2. The normalized spacial score (nSPS) is 16.8. The maximum atomic E-state index is 12.6. The number of nitrogens with one attached hydrogen (secondary N) is 1. The fraction of sp³-hybridized carbons (Fsp3) is 0.300. The second kappa shape index (κ2) is 8.01. The van der Waals surface area contributed by atoms with Crippen molar-refractivity contribution in [3.05, 3.63) is 54.1 Å². The Hall–Kier alpha value is -2.86. The molecule has 0 bridgehead atoms. The maximum absolute atomic E-state index is 12.6. The summed E-state index contributed by atoms with van der Waals surface area (Å²) in [5.74, 6) is 1.07. The van der Waals surface area contributed by atoms with Crippen LogP contribution in [-0.4, -0.2) is 38.6 Å². The van der Waals surface area contributed by atoms with Gasteiger partial charge < -0.3 is 14.8 Å². The van der Waals surface area contributed by atoms with E-state index in [0.717, 1.165) is 17.7 Å². The average Bonchev–Trinajstić information content (AvgIpc) is 2.95. The van der Waals surface area contributed by atoms with Crippen LogP contribution in [0, 0.1) is 0 Å². The van der Waals surface area contributed by atoms with Crippen molar-refractivity contribution in [2.45, 2.75) is 18.9 Å². The van der Waals surface area contributed by atoms with E-state index < -0.39 is 6.04 Å². The second-order valence-electron chi connectivity index (χ2n) is 6.08. The second-order valence-corrected chi connectivity index (χ2v) is 6.08. The third-order valence-corrected chi connectivity index (χ3v) is 4.42. The standard InChI is InChI=1S/C20H22N2O4/c1-25-16-8-6-15(7-9-16)22-19(23)13-18(20(22)24)21-11-10-14-4-3-5-17(12-14)26-2/h3-9,12,18,21H,10-11,13H2,1-2H3. The molecule has 1 unspecified atom stereocenters. The molecule has 1 atom stereocenters. The van der Waals surface area contributed by atoms with Gasteiger partial charge in [0.1, 0.15) is 11.5 Å². The van der Waals surface area contributed by atoms with Gasteiger partial charge in [-0.25, -0.2) is 4.90 Å². The Balaban J connectivity index is 1.59. The van der Waals surface area contributed by atoms with Gasteiger partial charge in [-0.05, 0) is 54.9 Å². The summed E-state index contributed by atoms with van der Waals surface area (Å²) in [7, 11) is 3.21. The number of nitrogens with zero attached hydrogens (tertiary/aromatic N) is 1. The molecule has 3 rings (SSSR count). The van der Waals surface area contributed by atoms with Gasteiger partial charge in [0.25, 0.3) is 5.91 Å². The third kappa shape index (κ3) is 3.86. The molecule has 1 heterocycles. The number of hydrogen-bond acceptors (Lipinski definition) is 5. The van der Waals surface area contributed by atoms with E-state index >= 15 is 0 Å². The first kappa shape index (κ1) is 17.9. The predicted molar refractivity (Wildman–Crippen MR) is 98.6 cm³/mol. The van der Waals surface area contributed by atoms with E-state index in [1.165, 1.54) is 4.90 Å².